The smallest absolute Gasteiger partial charge is 0.264 e. The Bertz CT molecular complexity index is 1710. The van der Waals surface area contributed by atoms with E-state index in [2.05, 4.69) is 10.6 Å². The minimum absolute atomic E-state index is 0.00389. The number of aryl methyl sites for hydroxylation is 1. The lowest BCUT2D eigenvalue weighted by Crippen LogP contribution is -2.54. The molecular weight excluding hydrogens is 751 g/mol. The summed E-state index contributed by atoms with van der Waals surface area (Å²) in [5.41, 5.74) is -0.442. The maximum Gasteiger partial charge on any atom is 0.264 e. The third-order valence-electron chi connectivity index (χ3n) is 9.95. The molecule has 0 saturated carbocycles. The molecule has 0 spiro atoms. The molecule has 316 valence electrons. The second-order valence-electron chi connectivity index (χ2n) is 16.4. The average molecular weight is 814 g/mol. The van der Waals surface area contributed by atoms with Crippen molar-refractivity contribution in [3.63, 3.8) is 0 Å². The standard InChI is InChI=1S/C43H63N3O10S/c1-30(2)23-37(44-41(50)34(18-17-32-13-9-7-10-14-32)26-36(47)28-46-19-21-55-22-20-46)39(48)27-35(25-33-15-11-8-12-16-33)42(51)45-38(24-31(3)4)40(49)43(5,52)29-56-57(6,53)54/h7-16,30-31,34-35,37-38,52H,17-29H2,1-6H3,(H,44,50)(H,45,51)/t34-,35-,37+,38+,43-/m1/s1. The number of Topliss-reactive ketones (excluding diaryl/α,β-unsaturated/α-hetero) is 3. The van der Waals surface area contributed by atoms with Crippen LogP contribution < -0.4 is 10.6 Å². The topological polar surface area (TPSA) is 185 Å². The molecule has 0 bridgehead atoms. The molecule has 0 unspecified atom stereocenters. The molecule has 1 fully saturated rings. The fourth-order valence-electron chi connectivity index (χ4n) is 6.89. The molecule has 0 radical (unpaired) electrons. The van der Waals surface area contributed by atoms with Crippen LogP contribution in [0.25, 0.3) is 0 Å². The Morgan fingerprint density at radius 3 is 1.89 bits per heavy atom. The van der Waals surface area contributed by atoms with Crippen molar-refractivity contribution >= 4 is 39.3 Å². The minimum atomic E-state index is -3.97. The molecule has 3 N–H and O–H groups in total. The number of carbonyl (C=O) groups excluding carboxylic acids is 5. The van der Waals surface area contributed by atoms with Gasteiger partial charge in [-0.3, -0.25) is 33.1 Å². The van der Waals surface area contributed by atoms with Crippen LogP contribution in [0.1, 0.15) is 77.8 Å². The van der Waals surface area contributed by atoms with Gasteiger partial charge in [-0.2, -0.15) is 8.42 Å². The molecule has 3 rings (SSSR count). The molecule has 1 heterocycles. The van der Waals surface area contributed by atoms with Crippen LogP contribution in [0, 0.1) is 23.7 Å². The Balaban J connectivity index is 1.85. The van der Waals surface area contributed by atoms with Crippen LogP contribution in [0.15, 0.2) is 60.7 Å². The van der Waals surface area contributed by atoms with E-state index >= 15 is 0 Å². The highest BCUT2D eigenvalue weighted by atomic mass is 32.2. The van der Waals surface area contributed by atoms with Gasteiger partial charge in [0.1, 0.15) is 18.0 Å². The molecule has 0 aliphatic carbocycles. The number of nitrogens with one attached hydrogen (secondary N) is 2. The summed E-state index contributed by atoms with van der Waals surface area (Å²) in [6.45, 7) is 10.4. The summed E-state index contributed by atoms with van der Waals surface area (Å²) >= 11 is 0. The average Bonchev–Trinajstić information content (AvgIpc) is 3.15. The quantitative estimate of drug-likeness (QED) is 0.124. The molecule has 14 heteroatoms. The number of ketones is 3. The van der Waals surface area contributed by atoms with Gasteiger partial charge in [0, 0.05) is 37.8 Å². The largest absolute Gasteiger partial charge is 0.380 e. The third kappa shape index (κ3) is 17.7. The summed E-state index contributed by atoms with van der Waals surface area (Å²) in [5, 5.41) is 16.7. The van der Waals surface area contributed by atoms with Crippen LogP contribution in [0.4, 0.5) is 0 Å². The van der Waals surface area contributed by atoms with Crippen molar-refractivity contribution in [1.29, 1.82) is 0 Å². The van der Waals surface area contributed by atoms with Gasteiger partial charge in [0.15, 0.2) is 11.6 Å². The summed E-state index contributed by atoms with van der Waals surface area (Å²) in [6, 6.07) is 16.6. The molecule has 5 atom stereocenters. The lowest BCUT2D eigenvalue weighted by Gasteiger charge is -2.30. The van der Waals surface area contributed by atoms with E-state index in [4.69, 9.17) is 8.92 Å². The van der Waals surface area contributed by atoms with Gasteiger partial charge in [-0.05, 0) is 62.0 Å². The number of rotatable bonds is 25. The van der Waals surface area contributed by atoms with Gasteiger partial charge in [-0.25, -0.2) is 0 Å². The highest BCUT2D eigenvalue weighted by Crippen LogP contribution is 2.22. The highest BCUT2D eigenvalue weighted by molar-refractivity contribution is 7.86. The lowest BCUT2D eigenvalue weighted by atomic mass is 9.86. The summed E-state index contributed by atoms with van der Waals surface area (Å²) in [5.74, 6) is -4.02. The summed E-state index contributed by atoms with van der Waals surface area (Å²) in [7, 11) is -3.97. The van der Waals surface area contributed by atoms with Gasteiger partial charge in [-0.1, -0.05) is 88.4 Å². The highest BCUT2D eigenvalue weighted by Gasteiger charge is 2.40. The number of aliphatic hydroxyl groups is 1. The fraction of sp³-hybridized carbons (Fsp3) is 0.605. The normalized spacial score (nSPS) is 16.9. The number of hydrogen-bond acceptors (Lipinski definition) is 11. The molecular formula is C43H63N3O10S. The van der Waals surface area contributed by atoms with E-state index in [1.54, 1.807) is 0 Å². The van der Waals surface area contributed by atoms with Crippen molar-refractivity contribution in [3.8, 4) is 0 Å². The molecule has 2 amide bonds. The number of nitrogens with zero attached hydrogens (tertiary/aromatic N) is 1. The lowest BCUT2D eigenvalue weighted by molar-refractivity contribution is -0.143. The van der Waals surface area contributed by atoms with Crippen LogP contribution >= 0.6 is 0 Å². The summed E-state index contributed by atoms with van der Waals surface area (Å²) < 4.78 is 33.4. The van der Waals surface area contributed by atoms with Gasteiger partial charge in [0.05, 0.1) is 38.1 Å². The van der Waals surface area contributed by atoms with Crippen molar-refractivity contribution in [2.45, 2.75) is 97.2 Å². The monoisotopic (exact) mass is 813 g/mol. The van der Waals surface area contributed by atoms with Crippen molar-refractivity contribution in [2.24, 2.45) is 23.7 Å². The van der Waals surface area contributed by atoms with Gasteiger partial charge >= 0.3 is 0 Å². The Labute approximate surface area is 338 Å². The maximum absolute atomic E-state index is 14.3. The SMILES string of the molecule is CC(C)C[C@H](NC(=O)[C@H](CCc1ccccc1)CC(=O)CN1CCOCC1)C(=O)C[C@@H](Cc1ccccc1)C(=O)N[C@@H](CC(C)C)C(=O)[C@](C)(O)COS(C)(=O)=O. The first kappa shape index (κ1) is 47.6. The minimum Gasteiger partial charge on any atom is -0.380 e. The van der Waals surface area contributed by atoms with Crippen LogP contribution in [0.3, 0.4) is 0 Å². The van der Waals surface area contributed by atoms with Crippen molar-refractivity contribution < 1.29 is 46.4 Å². The number of hydrogen-bond donors (Lipinski definition) is 3. The number of morpholine rings is 1. The van der Waals surface area contributed by atoms with E-state index in [0.717, 1.165) is 24.3 Å². The van der Waals surface area contributed by atoms with E-state index in [-0.39, 0.29) is 55.6 Å². The number of amides is 2. The summed E-state index contributed by atoms with van der Waals surface area (Å²) in [4.78, 5) is 71.5. The number of benzene rings is 2. The predicted molar refractivity (Wildman–Crippen MR) is 218 cm³/mol. The molecule has 1 aliphatic rings. The van der Waals surface area contributed by atoms with E-state index in [9.17, 15) is 37.5 Å². The second-order valence-corrected chi connectivity index (χ2v) is 18.0. The van der Waals surface area contributed by atoms with Crippen molar-refractivity contribution in [1.82, 2.24) is 15.5 Å². The van der Waals surface area contributed by atoms with Crippen LogP contribution in [-0.4, -0.2) is 111 Å². The van der Waals surface area contributed by atoms with Crippen LogP contribution in [-0.2, 0) is 55.9 Å². The Morgan fingerprint density at radius 1 is 0.807 bits per heavy atom. The summed E-state index contributed by atoms with van der Waals surface area (Å²) in [6.07, 6.45) is 2.10. The van der Waals surface area contributed by atoms with Gasteiger partial charge in [0.2, 0.25) is 11.8 Å². The molecule has 1 saturated heterocycles. The van der Waals surface area contributed by atoms with Gasteiger partial charge < -0.3 is 20.5 Å². The number of carbonyl (C=O) groups is 5. The van der Waals surface area contributed by atoms with Gasteiger partial charge in [0.25, 0.3) is 10.1 Å². The molecule has 2 aromatic carbocycles. The van der Waals surface area contributed by atoms with Crippen molar-refractivity contribution in [3.05, 3.63) is 71.8 Å². The molecule has 1 aliphatic heterocycles. The first-order valence-corrected chi connectivity index (χ1v) is 21.8. The Hall–Kier alpha value is -3.82. The third-order valence-corrected chi connectivity index (χ3v) is 10.5. The van der Waals surface area contributed by atoms with Crippen LogP contribution in [0.5, 0.6) is 0 Å². The fourth-order valence-corrected chi connectivity index (χ4v) is 7.34. The first-order valence-electron chi connectivity index (χ1n) is 20.0. The zero-order valence-electron chi connectivity index (χ0n) is 34.4. The van der Waals surface area contributed by atoms with E-state index < -0.39 is 63.8 Å². The maximum atomic E-state index is 14.3. The van der Waals surface area contributed by atoms with Gasteiger partial charge in [-0.15, -0.1) is 0 Å². The molecule has 13 nitrogen and oxygen atoms in total. The van der Waals surface area contributed by atoms with E-state index in [0.29, 0.717) is 45.6 Å². The Kier molecular flexibility index (Phi) is 19.1. The zero-order valence-corrected chi connectivity index (χ0v) is 35.2. The van der Waals surface area contributed by atoms with E-state index in [1.165, 1.54) is 0 Å². The first-order chi connectivity index (χ1) is 26.8. The van der Waals surface area contributed by atoms with E-state index in [1.807, 2.05) is 93.3 Å². The molecule has 57 heavy (non-hydrogen) atoms. The zero-order chi connectivity index (χ0) is 42.2. The number of ether oxygens (including phenoxy) is 1. The Morgan fingerprint density at radius 2 is 1.33 bits per heavy atom. The second kappa shape index (κ2) is 22.9. The predicted octanol–water partition coefficient (Wildman–Crippen LogP) is 3.70. The van der Waals surface area contributed by atoms with Crippen molar-refractivity contribution in [2.75, 3.05) is 45.7 Å². The molecule has 2 aromatic rings. The molecule has 0 aromatic heterocycles. The van der Waals surface area contributed by atoms with Crippen LogP contribution in [0.2, 0.25) is 0 Å².